The number of carbonyl (C=O) groups is 1. The van der Waals surface area contributed by atoms with Crippen molar-refractivity contribution in [3.05, 3.63) is 66.1 Å². The lowest BCUT2D eigenvalue weighted by Gasteiger charge is -2.12. The van der Waals surface area contributed by atoms with Crippen LogP contribution in [0.15, 0.2) is 49.1 Å². The van der Waals surface area contributed by atoms with E-state index in [9.17, 15) is 9.18 Å². The summed E-state index contributed by atoms with van der Waals surface area (Å²) in [5.41, 5.74) is 8.98. The molecule has 4 N–H and O–H groups in total. The van der Waals surface area contributed by atoms with Crippen molar-refractivity contribution in [2.45, 2.75) is 19.3 Å². The summed E-state index contributed by atoms with van der Waals surface area (Å²) in [4.78, 5) is 20.9. The Morgan fingerprint density at radius 3 is 2.87 bits per heavy atom. The Balaban J connectivity index is 1.46. The monoisotopic (exact) mass is 402 g/mol. The number of hydrogen-bond donors (Lipinski definition) is 3. The van der Waals surface area contributed by atoms with Gasteiger partial charge in [-0.2, -0.15) is 5.10 Å². The molecule has 5 rings (SSSR count). The highest BCUT2D eigenvalue weighted by atomic mass is 19.1. The maximum absolute atomic E-state index is 14.9. The second-order valence-corrected chi connectivity index (χ2v) is 7.58. The summed E-state index contributed by atoms with van der Waals surface area (Å²) in [5.74, 6) is -0.159. The molecule has 30 heavy (non-hydrogen) atoms. The minimum absolute atomic E-state index is 0.0256. The summed E-state index contributed by atoms with van der Waals surface area (Å²) in [6.07, 6.45) is 7.21. The molecule has 7 nitrogen and oxygen atoms in total. The van der Waals surface area contributed by atoms with Crippen LogP contribution in [-0.2, 0) is 4.79 Å². The fourth-order valence-corrected chi connectivity index (χ4v) is 3.83. The largest absolute Gasteiger partial charge is 0.396 e. The summed E-state index contributed by atoms with van der Waals surface area (Å²) < 4.78 is 14.9. The number of nitrogens with two attached hydrogens (primary N) is 1. The first-order chi connectivity index (χ1) is 14.5. The lowest BCUT2D eigenvalue weighted by molar-refractivity contribution is -0.117. The Bertz CT molecular complexity index is 1270. The van der Waals surface area contributed by atoms with Gasteiger partial charge in [-0.05, 0) is 48.6 Å². The Morgan fingerprint density at radius 2 is 2.10 bits per heavy atom. The zero-order valence-corrected chi connectivity index (χ0v) is 16.2. The molecule has 0 saturated heterocycles. The van der Waals surface area contributed by atoms with E-state index < -0.39 is 5.82 Å². The number of aryl methyl sites for hydroxylation is 1. The quantitative estimate of drug-likeness (QED) is 0.450. The first-order valence-corrected chi connectivity index (χ1v) is 9.62. The van der Waals surface area contributed by atoms with Crippen molar-refractivity contribution in [2.75, 3.05) is 11.1 Å². The number of rotatable bonds is 4. The molecule has 150 valence electrons. The van der Waals surface area contributed by atoms with Crippen LogP contribution in [0.1, 0.15) is 23.6 Å². The lowest BCUT2D eigenvalue weighted by Crippen LogP contribution is -2.15. The van der Waals surface area contributed by atoms with Gasteiger partial charge in [-0.15, -0.1) is 0 Å². The van der Waals surface area contributed by atoms with E-state index in [1.165, 1.54) is 6.20 Å². The Morgan fingerprint density at radius 1 is 1.23 bits per heavy atom. The number of nitrogen functional groups attached to an aromatic ring is 1. The third kappa shape index (κ3) is 3.06. The van der Waals surface area contributed by atoms with Gasteiger partial charge in [0.05, 0.1) is 5.69 Å². The number of aromatic nitrogens is 4. The highest BCUT2D eigenvalue weighted by Gasteiger charge is 2.45. The second-order valence-electron chi connectivity index (χ2n) is 7.58. The normalized spacial score (nSPS) is 17.8. The topological polar surface area (TPSA) is 110 Å². The van der Waals surface area contributed by atoms with Gasteiger partial charge in [0.2, 0.25) is 5.91 Å². The highest BCUT2D eigenvalue weighted by Crippen LogP contribution is 2.47. The molecule has 2 atom stereocenters. The predicted molar refractivity (Wildman–Crippen MR) is 112 cm³/mol. The molecule has 0 bridgehead atoms. The van der Waals surface area contributed by atoms with Crippen molar-refractivity contribution in [2.24, 2.45) is 5.92 Å². The molecule has 0 radical (unpaired) electrons. The fourth-order valence-electron chi connectivity index (χ4n) is 3.83. The molecule has 1 aliphatic carbocycles. The number of carbonyl (C=O) groups excluding carboxylic acids is 1. The van der Waals surface area contributed by atoms with Crippen LogP contribution in [0.4, 0.5) is 15.9 Å². The van der Waals surface area contributed by atoms with Gasteiger partial charge >= 0.3 is 0 Å². The number of aromatic amines is 1. The van der Waals surface area contributed by atoms with Gasteiger partial charge in [-0.3, -0.25) is 14.9 Å². The number of hydrogen-bond acceptors (Lipinski definition) is 5. The molecule has 1 amide bonds. The molecule has 0 aliphatic heterocycles. The number of pyridine rings is 2. The smallest absolute Gasteiger partial charge is 0.229 e. The first kappa shape index (κ1) is 18.2. The molecular weight excluding hydrogens is 383 g/mol. The van der Waals surface area contributed by atoms with Crippen LogP contribution in [0.2, 0.25) is 0 Å². The molecule has 3 aromatic heterocycles. The van der Waals surface area contributed by atoms with Gasteiger partial charge in [0.1, 0.15) is 5.82 Å². The van der Waals surface area contributed by atoms with Crippen molar-refractivity contribution in [3.8, 4) is 11.1 Å². The third-order valence-electron chi connectivity index (χ3n) is 5.63. The molecule has 0 spiro atoms. The molecular formula is C22H19FN6O. The summed E-state index contributed by atoms with van der Waals surface area (Å²) in [6, 6.07) is 7.13. The van der Waals surface area contributed by atoms with E-state index in [-0.39, 0.29) is 23.4 Å². The standard InChI is InChI=1S/C22H19FN6O/c1-11-2-4-25-9-16(11)14-6-12-7-19(26-10-17(12)21(24)20(14)23)28-22(30)15-8-13(15)18-3-5-27-29-18/h2-7,9-10,13,15H,8,24H2,1H3,(H,27,29)(H,26,28,30)/t13-,15-/m1/s1. The molecule has 1 fully saturated rings. The summed E-state index contributed by atoms with van der Waals surface area (Å²) >= 11 is 0. The minimum Gasteiger partial charge on any atom is -0.396 e. The Hall–Kier alpha value is -3.81. The van der Waals surface area contributed by atoms with E-state index in [1.807, 2.05) is 19.1 Å². The van der Waals surface area contributed by atoms with E-state index in [0.29, 0.717) is 27.7 Å². The molecule has 3 heterocycles. The number of halogens is 1. The number of nitrogens with zero attached hydrogens (tertiary/aromatic N) is 3. The zero-order chi connectivity index (χ0) is 20.8. The van der Waals surface area contributed by atoms with Gasteiger partial charge < -0.3 is 11.1 Å². The van der Waals surface area contributed by atoms with Crippen LogP contribution in [0.5, 0.6) is 0 Å². The van der Waals surface area contributed by atoms with Crippen molar-refractivity contribution in [1.82, 2.24) is 20.2 Å². The van der Waals surface area contributed by atoms with Crippen LogP contribution >= 0.6 is 0 Å². The van der Waals surface area contributed by atoms with Crippen LogP contribution in [0.25, 0.3) is 21.9 Å². The summed E-state index contributed by atoms with van der Waals surface area (Å²) in [5, 5.41) is 10.9. The summed E-state index contributed by atoms with van der Waals surface area (Å²) in [7, 11) is 0. The second kappa shape index (κ2) is 6.91. The molecule has 8 heteroatoms. The molecule has 0 unspecified atom stereocenters. The van der Waals surface area contributed by atoms with E-state index in [1.54, 1.807) is 30.7 Å². The molecule has 4 aromatic rings. The fraction of sp³-hybridized carbons (Fsp3) is 0.182. The number of amides is 1. The number of fused-ring (bicyclic) bond motifs is 1. The van der Waals surface area contributed by atoms with Crippen molar-refractivity contribution in [1.29, 1.82) is 0 Å². The predicted octanol–water partition coefficient (Wildman–Crippen LogP) is 3.79. The Labute approximate surface area is 171 Å². The van der Waals surface area contributed by atoms with E-state index >= 15 is 0 Å². The maximum Gasteiger partial charge on any atom is 0.229 e. The number of H-pyrrole nitrogens is 1. The average molecular weight is 402 g/mol. The SMILES string of the molecule is Cc1ccncc1-c1cc2cc(NC(=O)[C@@H]3C[C@H]3c3ccn[nH]3)ncc2c(N)c1F. The van der Waals surface area contributed by atoms with Crippen LogP contribution < -0.4 is 11.1 Å². The zero-order valence-electron chi connectivity index (χ0n) is 16.2. The number of nitrogens with one attached hydrogen (secondary N) is 2. The summed E-state index contributed by atoms with van der Waals surface area (Å²) in [6.45, 7) is 1.89. The number of benzene rings is 1. The third-order valence-corrected chi connectivity index (χ3v) is 5.63. The van der Waals surface area contributed by atoms with Gasteiger partial charge in [-0.25, -0.2) is 9.37 Å². The van der Waals surface area contributed by atoms with Crippen LogP contribution in [-0.4, -0.2) is 26.1 Å². The van der Waals surface area contributed by atoms with Crippen molar-refractivity contribution < 1.29 is 9.18 Å². The van der Waals surface area contributed by atoms with Crippen LogP contribution in [0, 0.1) is 18.7 Å². The Kier molecular flexibility index (Phi) is 4.20. The van der Waals surface area contributed by atoms with Crippen molar-refractivity contribution >= 4 is 28.2 Å². The molecule has 1 aromatic carbocycles. The number of anilines is 2. The minimum atomic E-state index is -0.502. The highest BCUT2D eigenvalue weighted by molar-refractivity contribution is 6.00. The molecule has 1 saturated carbocycles. The first-order valence-electron chi connectivity index (χ1n) is 9.62. The van der Waals surface area contributed by atoms with E-state index in [2.05, 4.69) is 25.5 Å². The van der Waals surface area contributed by atoms with Gasteiger partial charge in [0.15, 0.2) is 5.82 Å². The van der Waals surface area contributed by atoms with Gasteiger partial charge in [0.25, 0.3) is 0 Å². The maximum atomic E-state index is 14.9. The van der Waals surface area contributed by atoms with Crippen molar-refractivity contribution in [3.63, 3.8) is 0 Å². The van der Waals surface area contributed by atoms with E-state index in [0.717, 1.165) is 17.7 Å². The average Bonchev–Trinajstić information content (AvgIpc) is 3.36. The van der Waals surface area contributed by atoms with E-state index in [4.69, 9.17) is 5.73 Å². The lowest BCUT2D eigenvalue weighted by atomic mass is 9.98. The van der Waals surface area contributed by atoms with Gasteiger partial charge in [-0.1, -0.05) is 0 Å². The van der Waals surface area contributed by atoms with Crippen LogP contribution in [0.3, 0.4) is 0 Å². The van der Waals surface area contributed by atoms with Gasteiger partial charge in [0, 0.05) is 58.8 Å². The molecule has 1 aliphatic rings.